The molecule has 2 heterocycles. The summed E-state index contributed by atoms with van der Waals surface area (Å²) in [5.74, 6) is -0.519. The van der Waals surface area contributed by atoms with E-state index in [9.17, 15) is 14.7 Å². The van der Waals surface area contributed by atoms with Gasteiger partial charge in [0, 0.05) is 49.6 Å². The van der Waals surface area contributed by atoms with Crippen LogP contribution in [-0.2, 0) is 39.3 Å². The molecule has 4 atom stereocenters. The molecule has 0 radical (unpaired) electrons. The molecule has 1 fully saturated rings. The van der Waals surface area contributed by atoms with Crippen LogP contribution in [0.2, 0.25) is 0 Å². The molecule has 0 spiro atoms. The zero-order valence-electron chi connectivity index (χ0n) is 21.4. The number of nitrogens with zero attached hydrogens (tertiary/aromatic N) is 2. The lowest BCUT2D eigenvalue weighted by Gasteiger charge is -2.41. The van der Waals surface area contributed by atoms with Gasteiger partial charge in [-0.3, -0.25) is 9.59 Å². The van der Waals surface area contributed by atoms with Crippen LogP contribution in [0.15, 0.2) is 66.1 Å². The van der Waals surface area contributed by atoms with Crippen LogP contribution in [0.1, 0.15) is 54.4 Å². The highest BCUT2D eigenvalue weighted by Crippen LogP contribution is 2.42. The summed E-state index contributed by atoms with van der Waals surface area (Å²) in [5.41, 5.74) is 3.62. The number of thioether (sulfide) groups is 1. The first-order valence-electron chi connectivity index (χ1n) is 12.5. The Bertz CT molecular complexity index is 1210. The van der Waals surface area contributed by atoms with E-state index >= 15 is 0 Å². The highest BCUT2D eigenvalue weighted by molar-refractivity contribution is 7.99. The van der Waals surface area contributed by atoms with Crippen molar-refractivity contribution in [1.82, 2.24) is 14.9 Å². The number of benzene rings is 2. The van der Waals surface area contributed by atoms with Gasteiger partial charge in [-0.05, 0) is 16.7 Å². The quantitative estimate of drug-likeness (QED) is 0.313. The van der Waals surface area contributed by atoms with Gasteiger partial charge in [0.25, 0.3) is 0 Å². The van der Waals surface area contributed by atoms with E-state index in [2.05, 4.69) is 17.2 Å². The maximum Gasteiger partial charge on any atom is 0.303 e. The lowest BCUT2D eigenvalue weighted by Crippen LogP contribution is -2.38. The van der Waals surface area contributed by atoms with Gasteiger partial charge in [0.2, 0.25) is 5.91 Å². The molecule has 9 nitrogen and oxygen atoms in total. The van der Waals surface area contributed by atoms with Gasteiger partial charge < -0.3 is 29.6 Å². The molecule has 1 saturated heterocycles. The number of aromatic nitrogens is 2. The third-order valence-electron chi connectivity index (χ3n) is 6.58. The van der Waals surface area contributed by atoms with Gasteiger partial charge >= 0.3 is 5.97 Å². The number of carbonyl (C=O) groups is 2. The van der Waals surface area contributed by atoms with Gasteiger partial charge in [-0.1, -0.05) is 67.2 Å². The number of rotatable bonds is 11. The largest absolute Gasteiger partial charge is 0.481 e. The average Bonchev–Trinajstić information content (AvgIpc) is 3.35. The predicted molar refractivity (Wildman–Crippen MR) is 142 cm³/mol. The number of aryl methyl sites for hydroxylation is 1. The molecule has 1 aliphatic rings. The lowest BCUT2D eigenvalue weighted by atomic mass is 9.91. The van der Waals surface area contributed by atoms with Crippen molar-refractivity contribution in [3.63, 3.8) is 0 Å². The number of aliphatic carboxylic acids is 1. The number of hydrogen-bond donors (Lipinski definition) is 3. The minimum Gasteiger partial charge on any atom is -0.481 e. The first-order valence-corrected chi connectivity index (χ1v) is 13.5. The van der Waals surface area contributed by atoms with Crippen LogP contribution in [0.3, 0.4) is 0 Å². The van der Waals surface area contributed by atoms with Crippen molar-refractivity contribution in [2.75, 3.05) is 5.75 Å². The predicted octanol–water partition coefficient (Wildman–Crippen LogP) is 3.98. The van der Waals surface area contributed by atoms with Gasteiger partial charge in [-0.15, -0.1) is 0 Å². The molecule has 10 heteroatoms. The van der Waals surface area contributed by atoms with Crippen molar-refractivity contribution in [3.8, 4) is 0 Å². The van der Waals surface area contributed by atoms with E-state index in [1.165, 1.54) is 0 Å². The molecule has 1 aromatic heterocycles. The summed E-state index contributed by atoms with van der Waals surface area (Å²) in [7, 11) is 1.97. The summed E-state index contributed by atoms with van der Waals surface area (Å²) in [5, 5.41) is 21.8. The standard InChI is InChI=1S/C28H33N3O6S/c1-18-23(17-38-28-29-13-14-31(28)2)36-27(37-26(18)21-7-5-20(16-32)6-8-21)22-9-3-19(4-10-22)15-30-24(33)11-12-25(34)35/h3-10,13-14,18,23,26-27,32H,11-12,15-17H2,1-2H3,(H,30,33)(H,34,35). The second-order valence-corrected chi connectivity index (χ2v) is 10.4. The molecule has 4 rings (SSSR count). The van der Waals surface area contributed by atoms with Gasteiger partial charge in [0.1, 0.15) is 0 Å². The lowest BCUT2D eigenvalue weighted by molar-refractivity contribution is -0.268. The number of carboxylic acids is 1. The second-order valence-electron chi connectivity index (χ2n) is 9.37. The Morgan fingerprint density at radius 1 is 1.03 bits per heavy atom. The zero-order chi connectivity index (χ0) is 27.1. The third kappa shape index (κ3) is 7.22. The van der Waals surface area contributed by atoms with Crippen molar-refractivity contribution in [3.05, 3.63) is 83.2 Å². The zero-order valence-corrected chi connectivity index (χ0v) is 22.3. The highest BCUT2D eigenvalue weighted by Gasteiger charge is 2.38. The molecule has 0 aliphatic carbocycles. The van der Waals surface area contributed by atoms with E-state index in [-0.39, 0.29) is 43.5 Å². The van der Waals surface area contributed by atoms with Crippen molar-refractivity contribution in [2.45, 2.75) is 56.6 Å². The molecule has 4 unspecified atom stereocenters. The Morgan fingerprint density at radius 3 is 2.34 bits per heavy atom. The van der Waals surface area contributed by atoms with Gasteiger partial charge in [0.05, 0.1) is 25.2 Å². The van der Waals surface area contributed by atoms with Gasteiger partial charge in [-0.25, -0.2) is 4.98 Å². The molecule has 0 saturated carbocycles. The van der Waals surface area contributed by atoms with Crippen molar-refractivity contribution in [2.24, 2.45) is 13.0 Å². The van der Waals surface area contributed by atoms with E-state index < -0.39 is 12.3 Å². The summed E-state index contributed by atoms with van der Waals surface area (Å²) < 4.78 is 14.9. The molecule has 202 valence electrons. The van der Waals surface area contributed by atoms with Crippen LogP contribution in [0.5, 0.6) is 0 Å². The normalized spacial score (nSPS) is 21.2. The first-order chi connectivity index (χ1) is 18.3. The summed E-state index contributed by atoms with van der Waals surface area (Å²) in [6, 6.07) is 15.5. The second kappa shape index (κ2) is 13.1. The highest BCUT2D eigenvalue weighted by atomic mass is 32.2. The van der Waals surface area contributed by atoms with E-state index in [4.69, 9.17) is 14.6 Å². The number of nitrogens with one attached hydrogen (secondary N) is 1. The maximum atomic E-state index is 11.8. The fourth-order valence-corrected chi connectivity index (χ4v) is 5.36. The van der Waals surface area contributed by atoms with E-state index in [1.54, 1.807) is 18.0 Å². The fraction of sp³-hybridized carbons (Fsp3) is 0.393. The Hall–Kier alpha value is -3.18. The Labute approximate surface area is 226 Å². The van der Waals surface area contributed by atoms with E-state index in [0.717, 1.165) is 27.4 Å². The Kier molecular flexibility index (Phi) is 9.57. The van der Waals surface area contributed by atoms with E-state index in [0.29, 0.717) is 12.3 Å². The van der Waals surface area contributed by atoms with Crippen LogP contribution in [0.25, 0.3) is 0 Å². The topological polar surface area (TPSA) is 123 Å². The summed E-state index contributed by atoms with van der Waals surface area (Å²) in [4.78, 5) is 26.9. The molecular weight excluding hydrogens is 506 g/mol. The number of aliphatic hydroxyl groups excluding tert-OH is 1. The van der Waals surface area contributed by atoms with Crippen LogP contribution in [-0.4, -0.2) is 43.5 Å². The SMILES string of the molecule is CC1C(CSc2nccn2C)OC(c2ccc(CNC(=O)CCC(=O)O)cc2)OC1c1ccc(CO)cc1. The smallest absolute Gasteiger partial charge is 0.303 e. The molecule has 1 aliphatic heterocycles. The number of ether oxygens (including phenoxy) is 2. The van der Waals surface area contributed by atoms with Crippen molar-refractivity contribution < 1.29 is 29.3 Å². The number of carbonyl (C=O) groups excluding carboxylic acids is 1. The number of imidazole rings is 1. The number of hydrogen-bond acceptors (Lipinski definition) is 7. The third-order valence-corrected chi connectivity index (χ3v) is 7.73. The maximum absolute atomic E-state index is 11.8. The summed E-state index contributed by atoms with van der Waals surface area (Å²) in [6.45, 7) is 2.42. The molecule has 3 N–H and O–H groups in total. The van der Waals surface area contributed by atoms with Gasteiger partial charge in [0.15, 0.2) is 11.4 Å². The molecule has 3 aromatic rings. The molecular formula is C28H33N3O6S. The number of amides is 1. The molecule has 38 heavy (non-hydrogen) atoms. The van der Waals surface area contributed by atoms with Crippen LogP contribution >= 0.6 is 11.8 Å². The van der Waals surface area contributed by atoms with Crippen LogP contribution in [0, 0.1) is 5.92 Å². The average molecular weight is 540 g/mol. The van der Waals surface area contributed by atoms with E-state index in [1.807, 2.05) is 66.3 Å². The molecule has 2 aromatic carbocycles. The minimum absolute atomic E-state index is 0.0115. The minimum atomic E-state index is -0.995. The van der Waals surface area contributed by atoms with Crippen molar-refractivity contribution in [1.29, 1.82) is 0 Å². The van der Waals surface area contributed by atoms with Crippen molar-refractivity contribution >= 4 is 23.6 Å². The molecule has 0 bridgehead atoms. The number of carboxylic acid groups (broad SMARTS) is 1. The Balaban J connectivity index is 1.47. The first kappa shape index (κ1) is 27.8. The van der Waals surface area contributed by atoms with Gasteiger partial charge in [-0.2, -0.15) is 0 Å². The molecule has 1 amide bonds. The fourth-order valence-electron chi connectivity index (χ4n) is 4.26. The number of aliphatic hydroxyl groups is 1. The summed E-state index contributed by atoms with van der Waals surface area (Å²) >= 11 is 1.64. The summed E-state index contributed by atoms with van der Waals surface area (Å²) in [6.07, 6.45) is 2.56. The van der Waals surface area contributed by atoms with Crippen LogP contribution < -0.4 is 5.32 Å². The monoisotopic (exact) mass is 539 g/mol. The Morgan fingerprint density at radius 2 is 1.71 bits per heavy atom. The van der Waals surface area contributed by atoms with Crippen LogP contribution in [0.4, 0.5) is 0 Å².